The molecule has 0 bridgehead atoms. The Morgan fingerprint density at radius 1 is 1.15 bits per heavy atom. The minimum Gasteiger partial charge on any atom is -0.454 e. The molecule has 2 aromatic rings. The van der Waals surface area contributed by atoms with Gasteiger partial charge in [0.15, 0.2) is 11.5 Å². The van der Waals surface area contributed by atoms with Crippen LogP contribution in [0, 0.1) is 0 Å². The van der Waals surface area contributed by atoms with Crippen LogP contribution in [0.5, 0.6) is 11.5 Å². The van der Waals surface area contributed by atoms with E-state index in [1.165, 1.54) is 6.07 Å². The number of benzene rings is 2. The molecule has 1 amide bonds. The number of nitrogen functional groups attached to an aromatic ring is 1. The maximum Gasteiger partial charge on any atom is 0.255 e. The Labute approximate surface area is 120 Å². The molecule has 0 aliphatic carbocycles. The zero-order valence-corrected chi connectivity index (χ0v) is 11.1. The zero-order chi connectivity index (χ0) is 14.1. The Balaban J connectivity index is 1.80. The molecule has 3 N–H and O–H groups in total. The van der Waals surface area contributed by atoms with E-state index < -0.39 is 0 Å². The number of nitrogens with two attached hydrogens (primary N) is 1. The van der Waals surface area contributed by atoms with Gasteiger partial charge in [-0.15, -0.1) is 0 Å². The van der Waals surface area contributed by atoms with Gasteiger partial charge in [-0.3, -0.25) is 4.79 Å². The molecule has 0 unspecified atom stereocenters. The van der Waals surface area contributed by atoms with Crippen molar-refractivity contribution in [1.82, 2.24) is 0 Å². The molecule has 5 nitrogen and oxygen atoms in total. The maximum atomic E-state index is 12.1. The van der Waals surface area contributed by atoms with Crippen molar-refractivity contribution < 1.29 is 14.3 Å². The Hall–Kier alpha value is -2.40. The summed E-state index contributed by atoms with van der Waals surface area (Å²) >= 11 is 5.82. The molecule has 20 heavy (non-hydrogen) atoms. The van der Waals surface area contributed by atoms with Crippen LogP contribution in [0.4, 0.5) is 11.4 Å². The average molecular weight is 291 g/mol. The third-order valence-corrected chi connectivity index (χ3v) is 3.23. The lowest BCUT2D eigenvalue weighted by atomic mass is 10.2. The normalized spacial score (nSPS) is 12.2. The van der Waals surface area contributed by atoms with Crippen molar-refractivity contribution in [3.05, 3.63) is 47.0 Å². The quantitative estimate of drug-likeness (QED) is 0.834. The lowest BCUT2D eigenvalue weighted by Gasteiger charge is -2.07. The van der Waals surface area contributed by atoms with E-state index in [1.807, 2.05) is 0 Å². The molecule has 1 aliphatic heterocycles. The van der Waals surface area contributed by atoms with E-state index in [1.54, 1.807) is 30.3 Å². The van der Waals surface area contributed by atoms with Gasteiger partial charge in [0.25, 0.3) is 5.91 Å². The van der Waals surface area contributed by atoms with E-state index in [-0.39, 0.29) is 12.7 Å². The summed E-state index contributed by atoms with van der Waals surface area (Å²) in [7, 11) is 0. The van der Waals surface area contributed by atoms with Crippen molar-refractivity contribution in [2.24, 2.45) is 0 Å². The minimum absolute atomic E-state index is 0.195. The van der Waals surface area contributed by atoms with E-state index in [0.29, 0.717) is 33.5 Å². The van der Waals surface area contributed by atoms with Gasteiger partial charge in [-0.05, 0) is 30.3 Å². The molecule has 0 fully saturated rings. The second-order valence-electron chi connectivity index (χ2n) is 4.26. The first-order valence-corrected chi connectivity index (χ1v) is 6.27. The molecule has 1 heterocycles. The van der Waals surface area contributed by atoms with Crippen LogP contribution in [0.2, 0.25) is 5.02 Å². The predicted octanol–water partition coefficient (Wildman–Crippen LogP) is 2.90. The van der Waals surface area contributed by atoms with Crippen molar-refractivity contribution >= 4 is 28.9 Å². The average Bonchev–Trinajstić information content (AvgIpc) is 2.89. The number of halogens is 1. The Morgan fingerprint density at radius 3 is 2.75 bits per heavy atom. The van der Waals surface area contributed by atoms with E-state index in [0.717, 1.165) is 0 Å². The predicted molar refractivity (Wildman–Crippen MR) is 76.4 cm³/mol. The summed E-state index contributed by atoms with van der Waals surface area (Å²) in [6.45, 7) is 0.195. The fraction of sp³-hybridized carbons (Fsp3) is 0.0714. The van der Waals surface area contributed by atoms with Gasteiger partial charge in [-0.25, -0.2) is 0 Å². The highest BCUT2D eigenvalue weighted by Gasteiger charge is 2.14. The molecule has 1 aliphatic rings. The molecule has 0 saturated carbocycles. The van der Waals surface area contributed by atoms with Crippen LogP contribution in [0.3, 0.4) is 0 Å². The summed E-state index contributed by atoms with van der Waals surface area (Å²) in [4.78, 5) is 12.1. The van der Waals surface area contributed by atoms with Gasteiger partial charge >= 0.3 is 0 Å². The second kappa shape index (κ2) is 4.94. The molecule has 2 aromatic carbocycles. The minimum atomic E-state index is -0.271. The highest BCUT2D eigenvalue weighted by molar-refractivity contribution is 6.33. The van der Waals surface area contributed by atoms with Crippen LogP contribution in [0.25, 0.3) is 0 Å². The number of rotatable bonds is 2. The monoisotopic (exact) mass is 290 g/mol. The van der Waals surface area contributed by atoms with E-state index in [4.69, 9.17) is 26.8 Å². The van der Waals surface area contributed by atoms with Gasteiger partial charge in [-0.2, -0.15) is 0 Å². The van der Waals surface area contributed by atoms with E-state index in [9.17, 15) is 4.79 Å². The Kier molecular flexibility index (Phi) is 3.12. The number of carbonyl (C=O) groups excluding carboxylic acids is 1. The number of fused-ring (bicyclic) bond motifs is 1. The molecular weight excluding hydrogens is 280 g/mol. The van der Waals surface area contributed by atoms with Crippen molar-refractivity contribution in [3.8, 4) is 11.5 Å². The number of anilines is 2. The second-order valence-corrected chi connectivity index (χ2v) is 4.67. The highest BCUT2D eigenvalue weighted by atomic mass is 35.5. The Morgan fingerprint density at radius 2 is 1.95 bits per heavy atom. The number of hydrogen-bond acceptors (Lipinski definition) is 4. The van der Waals surface area contributed by atoms with Gasteiger partial charge in [0.2, 0.25) is 6.79 Å². The smallest absolute Gasteiger partial charge is 0.255 e. The molecule has 0 radical (unpaired) electrons. The van der Waals surface area contributed by atoms with Crippen LogP contribution in [0.1, 0.15) is 10.4 Å². The van der Waals surface area contributed by atoms with E-state index >= 15 is 0 Å². The van der Waals surface area contributed by atoms with Crippen LogP contribution in [-0.2, 0) is 0 Å². The number of amides is 1. The third-order valence-electron chi connectivity index (χ3n) is 2.89. The number of hydrogen-bond donors (Lipinski definition) is 2. The maximum absolute atomic E-state index is 12.1. The summed E-state index contributed by atoms with van der Waals surface area (Å²) in [6, 6.07) is 9.93. The zero-order valence-electron chi connectivity index (χ0n) is 10.4. The van der Waals surface area contributed by atoms with Gasteiger partial charge in [-0.1, -0.05) is 11.6 Å². The lowest BCUT2D eigenvalue weighted by molar-refractivity contribution is 0.102. The molecule has 102 valence electrons. The van der Waals surface area contributed by atoms with E-state index in [2.05, 4.69) is 5.32 Å². The molecule has 6 heteroatoms. The van der Waals surface area contributed by atoms with Crippen molar-refractivity contribution in [2.75, 3.05) is 17.8 Å². The van der Waals surface area contributed by atoms with Gasteiger partial charge in [0.05, 0.1) is 10.7 Å². The first-order valence-electron chi connectivity index (χ1n) is 5.89. The summed E-state index contributed by atoms with van der Waals surface area (Å²) < 4.78 is 10.5. The fourth-order valence-corrected chi connectivity index (χ4v) is 1.98. The summed E-state index contributed by atoms with van der Waals surface area (Å²) in [6.07, 6.45) is 0. The van der Waals surface area contributed by atoms with Gasteiger partial charge in [0, 0.05) is 17.3 Å². The van der Waals surface area contributed by atoms with Crippen molar-refractivity contribution in [1.29, 1.82) is 0 Å². The largest absolute Gasteiger partial charge is 0.454 e. The molecule has 0 spiro atoms. The van der Waals surface area contributed by atoms with Crippen molar-refractivity contribution in [3.63, 3.8) is 0 Å². The summed E-state index contributed by atoms with van der Waals surface area (Å²) in [5, 5.41) is 3.18. The number of carbonyl (C=O) groups is 1. The molecule has 0 saturated heterocycles. The summed E-state index contributed by atoms with van der Waals surface area (Å²) in [5.74, 6) is 1.00. The first-order chi connectivity index (χ1) is 9.63. The molecule has 0 atom stereocenters. The standard InChI is InChI=1S/C14H11ClN2O3/c15-10-3-1-8(5-11(10)16)14(18)17-9-2-4-12-13(6-9)20-7-19-12/h1-6H,7,16H2,(H,17,18). The lowest BCUT2D eigenvalue weighted by Crippen LogP contribution is -2.12. The number of nitrogens with one attached hydrogen (secondary N) is 1. The summed E-state index contributed by atoms with van der Waals surface area (Å²) in [5.41, 5.74) is 7.10. The molecule has 0 aromatic heterocycles. The fourth-order valence-electron chi connectivity index (χ4n) is 1.86. The highest BCUT2D eigenvalue weighted by Crippen LogP contribution is 2.34. The van der Waals surface area contributed by atoms with Crippen molar-refractivity contribution in [2.45, 2.75) is 0 Å². The SMILES string of the molecule is Nc1cc(C(=O)Nc2ccc3c(c2)OCO3)ccc1Cl. The van der Waals surface area contributed by atoms with Crippen LogP contribution >= 0.6 is 11.6 Å². The molecule has 3 rings (SSSR count). The van der Waals surface area contributed by atoms with Crippen LogP contribution in [0.15, 0.2) is 36.4 Å². The Bertz CT molecular complexity index is 688. The van der Waals surface area contributed by atoms with Crippen LogP contribution < -0.4 is 20.5 Å². The van der Waals surface area contributed by atoms with Crippen LogP contribution in [-0.4, -0.2) is 12.7 Å². The first kappa shape index (κ1) is 12.6. The van der Waals surface area contributed by atoms with Gasteiger partial charge < -0.3 is 20.5 Å². The van der Waals surface area contributed by atoms with Gasteiger partial charge in [0.1, 0.15) is 0 Å². The number of ether oxygens (including phenoxy) is 2. The topological polar surface area (TPSA) is 73.6 Å². The molecular formula is C14H11ClN2O3. The third kappa shape index (κ3) is 2.35.